The summed E-state index contributed by atoms with van der Waals surface area (Å²) in [5, 5.41) is 0. The van der Waals surface area contributed by atoms with Crippen molar-refractivity contribution in [3.05, 3.63) is 34.8 Å². The molecule has 5 atom stereocenters. The minimum Gasteiger partial charge on any atom is -0.468 e. The molecule has 1 fully saturated rings. The predicted octanol–water partition coefficient (Wildman–Crippen LogP) is 4.98. The van der Waals surface area contributed by atoms with E-state index >= 15 is 0 Å². The van der Waals surface area contributed by atoms with Crippen molar-refractivity contribution in [2.24, 2.45) is 5.92 Å². The van der Waals surface area contributed by atoms with Gasteiger partial charge in [0.1, 0.15) is 11.4 Å². The third-order valence-electron chi connectivity index (χ3n) is 6.39. The molecule has 0 aliphatic carbocycles. The summed E-state index contributed by atoms with van der Waals surface area (Å²) in [6, 6.07) is 0. The molecular weight excluding hydrogens is 384 g/mol. The molecule has 1 saturated heterocycles. The molecule has 2 aliphatic heterocycles. The van der Waals surface area contributed by atoms with Gasteiger partial charge in [0.2, 0.25) is 0 Å². The number of hydrogen-bond acceptors (Lipinski definition) is 6. The Bertz CT molecular complexity index is 822. The summed E-state index contributed by atoms with van der Waals surface area (Å²) in [5.41, 5.74) is 2.06. The van der Waals surface area contributed by atoms with Crippen LogP contribution in [-0.2, 0) is 30.2 Å². The van der Waals surface area contributed by atoms with E-state index in [0.717, 1.165) is 42.6 Å². The number of allylic oxidation sites excluding steroid dienone is 2. The van der Waals surface area contributed by atoms with Crippen LogP contribution in [0.25, 0.3) is 0 Å². The van der Waals surface area contributed by atoms with Gasteiger partial charge in [0.05, 0.1) is 12.4 Å². The highest BCUT2D eigenvalue weighted by Gasteiger charge is 2.51. The van der Waals surface area contributed by atoms with Gasteiger partial charge in [-0.25, -0.2) is 0 Å². The van der Waals surface area contributed by atoms with Gasteiger partial charge in [-0.15, -0.1) is 0 Å². The van der Waals surface area contributed by atoms with Crippen LogP contribution in [-0.4, -0.2) is 29.7 Å². The standard InChI is InChI=1S/C24H34O6/c1-14-8-7-9-15(2)19-10-11-24(6,30-19)23(29-18(5)26)22(28-17(4)25)21-16(3)13-27-20(21)12-14/h8,13,15,19,22-23H,7,9-12H2,1-6H3/t15-,19+,22-,23+,24-/m0/s1. The Morgan fingerprint density at radius 2 is 1.83 bits per heavy atom. The van der Waals surface area contributed by atoms with Crippen molar-refractivity contribution in [1.29, 1.82) is 0 Å². The van der Waals surface area contributed by atoms with Crippen LogP contribution in [0.1, 0.15) is 83.3 Å². The molecule has 6 nitrogen and oxygen atoms in total. The van der Waals surface area contributed by atoms with Crippen molar-refractivity contribution in [2.45, 2.75) is 97.6 Å². The van der Waals surface area contributed by atoms with Gasteiger partial charge < -0.3 is 18.6 Å². The van der Waals surface area contributed by atoms with E-state index in [2.05, 4.69) is 19.9 Å². The molecule has 0 saturated carbocycles. The highest BCUT2D eigenvalue weighted by molar-refractivity contribution is 5.68. The maximum Gasteiger partial charge on any atom is 0.303 e. The van der Waals surface area contributed by atoms with Crippen LogP contribution in [0.2, 0.25) is 0 Å². The van der Waals surface area contributed by atoms with Gasteiger partial charge in [-0.1, -0.05) is 18.6 Å². The highest BCUT2D eigenvalue weighted by atomic mass is 16.6. The Kier molecular flexibility index (Phi) is 6.75. The quantitative estimate of drug-likeness (QED) is 0.498. The smallest absolute Gasteiger partial charge is 0.303 e. The van der Waals surface area contributed by atoms with Gasteiger partial charge in [0.15, 0.2) is 12.2 Å². The van der Waals surface area contributed by atoms with E-state index < -0.39 is 29.7 Å². The van der Waals surface area contributed by atoms with Crippen molar-refractivity contribution in [1.82, 2.24) is 0 Å². The Balaban J connectivity index is 2.15. The van der Waals surface area contributed by atoms with Crippen LogP contribution in [0.3, 0.4) is 0 Å². The molecule has 3 heterocycles. The summed E-state index contributed by atoms with van der Waals surface area (Å²) in [6.07, 6.45) is 6.63. The molecule has 1 aromatic heterocycles. The van der Waals surface area contributed by atoms with Gasteiger partial charge in [0.25, 0.3) is 0 Å². The monoisotopic (exact) mass is 418 g/mol. The lowest BCUT2D eigenvalue weighted by molar-refractivity contribution is -0.197. The number of furan rings is 1. The predicted molar refractivity (Wildman–Crippen MR) is 112 cm³/mol. The van der Waals surface area contributed by atoms with Gasteiger partial charge in [-0.2, -0.15) is 0 Å². The summed E-state index contributed by atoms with van der Waals surface area (Å²) in [6.45, 7) is 10.9. The number of carbonyl (C=O) groups excluding carboxylic acids is 2. The molecule has 0 spiro atoms. The molecule has 0 unspecified atom stereocenters. The van der Waals surface area contributed by atoms with Crippen molar-refractivity contribution < 1.29 is 28.2 Å². The van der Waals surface area contributed by atoms with Gasteiger partial charge in [0, 0.05) is 25.8 Å². The first-order valence-corrected chi connectivity index (χ1v) is 10.9. The maximum absolute atomic E-state index is 12.1. The number of carbonyl (C=O) groups is 2. The van der Waals surface area contributed by atoms with Crippen LogP contribution >= 0.6 is 0 Å². The SMILES string of the molecule is CC(=O)O[C@@H]1[C@@H](OC(C)=O)c2c(C)coc2CC(C)=CCC[C@H](C)[C@H]2CC[C@]1(C)O2. The van der Waals surface area contributed by atoms with Crippen molar-refractivity contribution >= 4 is 11.9 Å². The minimum atomic E-state index is -0.798. The third kappa shape index (κ3) is 4.80. The Morgan fingerprint density at radius 1 is 1.13 bits per heavy atom. The number of aryl methyl sites for hydroxylation is 1. The first-order valence-electron chi connectivity index (χ1n) is 10.9. The average Bonchev–Trinajstić information content (AvgIpc) is 3.21. The van der Waals surface area contributed by atoms with E-state index in [4.69, 9.17) is 18.6 Å². The number of hydrogen-bond donors (Lipinski definition) is 0. The van der Waals surface area contributed by atoms with Crippen molar-refractivity contribution in [3.8, 4) is 0 Å². The number of fused-ring (bicyclic) bond motifs is 3. The van der Waals surface area contributed by atoms with Gasteiger partial charge in [-0.3, -0.25) is 9.59 Å². The summed E-state index contributed by atoms with van der Waals surface area (Å²) in [7, 11) is 0. The fraction of sp³-hybridized carbons (Fsp3) is 0.667. The van der Waals surface area contributed by atoms with Gasteiger partial charge in [-0.05, 0) is 57.9 Å². The molecule has 0 N–H and O–H groups in total. The van der Waals surface area contributed by atoms with Crippen LogP contribution < -0.4 is 0 Å². The largest absolute Gasteiger partial charge is 0.468 e. The Hall–Kier alpha value is -2.08. The van der Waals surface area contributed by atoms with E-state index in [1.807, 2.05) is 13.8 Å². The fourth-order valence-electron chi connectivity index (χ4n) is 4.77. The van der Waals surface area contributed by atoms with Crippen molar-refractivity contribution in [2.75, 3.05) is 0 Å². The van der Waals surface area contributed by atoms with Crippen LogP contribution in [0.15, 0.2) is 22.3 Å². The molecule has 2 aliphatic rings. The lowest BCUT2D eigenvalue weighted by atomic mass is 9.85. The highest BCUT2D eigenvalue weighted by Crippen LogP contribution is 2.45. The molecule has 2 bridgehead atoms. The van der Waals surface area contributed by atoms with Crippen molar-refractivity contribution in [3.63, 3.8) is 0 Å². The van der Waals surface area contributed by atoms with Crippen LogP contribution in [0, 0.1) is 12.8 Å². The third-order valence-corrected chi connectivity index (χ3v) is 6.39. The molecule has 0 aromatic carbocycles. The molecule has 0 radical (unpaired) electrons. The number of ether oxygens (including phenoxy) is 3. The Morgan fingerprint density at radius 3 is 2.50 bits per heavy atom. The minimum absolute atomic E-state index is 0.0745. The van der Waals surface area contributed by atoms with E-state index in [1.165, 1.54) is 19.4 Å². The second-order valence-electron chi connectivity index (χ2n) is 9.11. The summed E-state index contributed by atoms with van der Waals surface area (Å²) >= 11 is 0. The van der Waals surface area contributed by atoms with E-state index in [0.29, 0.717) is 12.3 Å². The molecule has 0 amide bonds. The molecule has 166 valence electrons. The molecule has 30 heavy (non-hydrogen) atoms. The second-order valence-corrected chi connectivity index (χ2v) is 9.11. The zero-order chi connectivity index (χ0) is 22.1. The lowest BCUT2D eigenvalue weighted by Gasteiger charge is -2.38. The topological polar surface area (TPSA) is 75.0 Å². The molecule has 6 heteroatoms. The molecular formula is C24H34O6. The number of esters is 2. The van der Waals surface area contributed by atoms with Gasteiger partial charge >= 0.3 is 11.9 Å². The van der Waals surface area contributed by atoms with E-state index in [-0.39, 0.29) is 6.10 Å². The second kappa shape index (κ2) is 8.96. The number of rotatable bonds is 2. The summed E-state index contributed by atoms with van der Waals surface area (Å²) in [4.78, 5) is 24.2. The molecule has 1 aromatic rings. The first kappa shape index (κ1) is 22.6. The zero-order valence-electron chi connectivity index (χ0n) is 18.9. The van der Waals surface area contributed by atoms with E-state index in [1.54, 1.807) is 6.26 Å². The average molecular weight is 419 g/mol. The Labute approximate surface area is 178 Å². The zero-order valence-corrected chi connectivity index (χ0v) is 18.9. The normalized spacial score (nSPS) is 32.1. The lowest BCUT2D eigenvalue weighted by Crippen LogP contribution is -2.47. The molecule has 3 rings (SSSR count). The fourth-order valence-corrected chi connectivity index (χ4v) is 4.77. The van der Waals surface area contributed by atoms with Crippen LogP contribution in [0.5, 0.6) is 0 Å². The van der Waals surface area contributed by atoms with Crippen LogP contribution in [0.4, 0.5) is 0 Å². The summed E-state index contributed by atoms with van der Waals surface area (Å²) in [5.74, 6) is 0.239. The van der Waals surface area contributed by atoms with E-state index in [9.17, 15) is 9.59 Å². The summed E-state index contributed by atoms with van der Waals surface area (Å²) < 4.78 is 24.0. The first-order chi connectivity index (χ1) is 14.1. The maximum atomic E-state index is 12.1.